The molecule has 6 heteroatoms. The smallest absolute Gasteiger partial charge is 0.367 e. The van der Waals surface area contributed by atoms with Crippen LogP contribution < -0.4 is 0 Å². The molecule has 0 saturated carbocycles. The number of hydrogen-bond acceptors (Lipinski definition) is 6. The molecular weight excluding hydrogens is 226 g/mol. The van der Waals surface area contributed by atoms with Gasteiger partial charge < -0.3 is 4.74 Å². The number of nitriles is 1. The van der Waals surface area contributed by atoms with Crippen molar-refractivity contribution in [3.63, 3.8) is 0 Å². The summed E-state index contributed by atoms with van der Waals surface area (Å²) in [5.74, 6) is -0.387. The maximum absolute atomic E-state index is 11.3. The molecule has 1 aromatic rings. The Labute approximate surface area is 98.3 Å². The van der Waals surface area contributed by atoms with Gasteiger partial charge in [0, 0.05) is 11.9 Å². The third kappa shape index (κ3) is 3.61. The summed E-state index contributed by atoms with van der Waals surface area (Å²) < 4.78 is 4.84. The zero-order valence-electron chi connectivity index (χ0n) is 9.27. The number of aromatic nitrogens is 1. The van der Waals surface area contributed by atoms with Crippen molar-refractivity contribution in [1.29, 1.82) is 5.26 Å². The van der Waals surface area contributed by atoms with Crippen LogP contribution in [-0.4, -0.2) is 36.1 Å². The van der Waals surface area contributed by atoms with E-state index in [9.17, 15) is 4.79 Å². The quantitative estimate of drug-likeness (QED) is 0.572. The van der Waals surface area contributed by atoms with Gasteiger partial charge in [-0.1, -0.05) is 0 Å². The minimum Gasteiger partial charge on any atom is -0.461 e. The molecule has 16 heavy (non-hydrogen) atoms. The van der Waals surface area contributed by atoms with Gasteiger partial charge >= 0.3 is 5.97 Å². The summed E-state index contributed by atoms with van der Waals surface area (Å²) in [5.41, 5.74) is 0.783. The average molecular weight is 239 g/mol. The number of ether oxygens (including phenoxy) is 1. The zero-order chi connectivity index (χ0) is 12.0. The number of carbonyl (C=O) groups is 1. The normalized spacial score (nSPS) is 10.1. The van der Waals surface area contributed by atoms with Crippen molar-refractivity contribution in [2.75, 3.05) is 20.2 Å². The lowest BCUT2D eigenvalue weighted by atomic mass is 10.4. The highest BCUT2D eigenvalue weighted by molar-refractivity contribution is 7.11. The lowest BCUT2D eigenvalue weighted by Gasteiger charge is -2.09. The van der Waals surface area contributed by atoms with Crippen LogP contribution >= 0.6 is 11.3 Å². The number of rotatable bonds is 5. The molecule has 1 rings (SSSR count). The van der Waals surface area contributed by atoms with Gasteiger partial charge in [0.15, 0.2) is 0 Å². The van der Waals surface area contributed by atoms with E-state index >= 15 is 0 Å². The number of esters is 1. The van der Waals surface area contributed by atoms with Crippen LogP contribution in [0.1, 0.15) is 22.4 Å². The van der Waals surface area contributed by atoms with E-state index in [1.165, 1.54) is 11.3 Å². The minimum absolute atomic E-state index is 0.340. The molecule has 0 saturated heterocycles. The van der Waals surface area contributed by atoms with Gasteiger partial charge in [-0.3, -0.25) is 4.90 Å². The average Bonchev–Trinajstić information content (AvgIpc) is 2.67. The first-order chi connectivity index (χ1) is 7.67. The van der Waals surface area contributed by atoms with Crippen molar-refractivity contribution >= 4 is 17.3 Å². The minimum atomic E-state index is -0.387. The highest BCUT2D eigenvalue weighted by atomic mass is 32.1. The maximum atomic E-state index is 11.3. The Morgan fingerprint density at radius 2 is 2.50 bits per heavy atom. The molecular formula is C10H13N3O2S. The van der Waals surface area contributed by atoms with Gasteiger partial charge in [-0.15, -0.1) is 11.3 Å². The molecule has 0 unspecified atom stereocenters. The van der Waals surface area contributed by atoms with Crippen LogP contribution in [0.25, 0.3) is 0 Å². The SMILES string of the molecule is CCOC(=O)c1nc(CN(C)CC#N)cs1. The van der Waals surface area contributed by atoms with Gasteiger partial charge in [-0.05, 0) is 14.0 Å². The van der Waals surface area contributed by atoms with Crippen molar-refractivity contribution in [3.05, 3.63) is 16.1 Å². The van der Waals surface area contributed by atoms with E-state index in [1.807, 2.05) is 18.0 Å². The molecule has 0 radical (unpaired) electrons. The Morgan fingerprint density at radius 1 is 1.75 bits per heavy atom. The van der Waals surface area contributed by atoms with Crippen LogP contribution in [0.3, 0.4) is 0 Å². The summed E-state index contributed by atoms with van der Waals surface area (Å²) >= 11 is 1.26. The second-order valence-electron chi connectivity index (χ2n) is 3.19. The summed E-state index contributed by atoms with van der Waals surface area (Å²) in [7, 11) is 1.83. The molecule has 0 bridgehead atoms. The van der Waals surface area contributed by atoms with Crippen LogP contribution in [0.15, 0.2) is 5.38 Å². The van der Waals surface area contributed by atoms with Crippen molar-refractivity contribution in [3.8, 4) is 6.07 Å². The fourth-order valence-electron chi connectivity index (χ4n) is 1.12. The molecule has 1 aromatic heterocycles. The van der Waals surface area contributed by atoms with Gasteiger partial charge in [0.1, 0.15) is 0 Å². The molecule has 0 aromatic carbocycles. The summed E-state index contributed by atoms with van der Waals surface area (Å²) in [4.78, 5) is 17.3. The van der Waals surface area contributed by atoms with E-state index in [0.29, 0.717) is 24.7 Å². The van der Waals surface area contributed by atoms with E-state index < -0.39 is 0 Å². The highest BCUT2D eigenvalue weighted by Crippen LogP contribution is 2.12. The molecule has 0 aliphatic rings. The van der Waals surface area contributed by atoms with E-state index in [2.05, 4.69) is 4.98 Å². The fraction of sp³-hybridized carbons (Fsp3) is 0.500. The fourth-order valence-corrected chi connectivity index (χ4v) is 1.82. The summed E-state index contributed by atoms with van der Waals surface area (Å²) in [5, 5.41) is 10.7. The number of nitrogens with zero attached hydrogens (tertiary/aromatic N) is 3. The van der Waals surface area contributed by atoms with E-state index in [4.69, 9.17) is 10.00 Å². The topological polar surface area (TPSA) is 66.2 Å². The first kappa shape index (κ1) is 12.6. The third-order valence-corrected chi connectivity index (χ3v) is 2.65. The Hall–Kier alpha value is -1.45. The monoisotopic (exact) mass is 239 g/mol. The molecule has 86 valence electrons. The van der Waals surface area contributed by atoms with Gasteiger partial charge in [-0.25, -0.2) is 9.78 Å². The second-order valence-corrected chi connectivity index (χ2v) is 4.05. The molecule has 5 nitrogen and oxygen atoms in total. The summed E-state index contributed by atoms with van der Waals surface area (Å²) in [6, 6.07) is 2.05. The number of thiazole rings is 1. The van der Waals surface area contributed by atoms with E-state index in [1.54, 1.807) is 12.3 Å². The number of carbonyl (C=O) groups excluding carboxylic acids is 1. The maximum Gasteiger partial charge on any atom is 0.367 e. The van der Waals surface area contributed by atoms with Gasteiger partial charge in [0.2, 0.25) is 5.01 Å². The third-order valence-electron chi connectivity index (χ3n) is 1.77. The first-order valence-electron chi connectivity index (χ1n) is 4.84. The molecule has 0 spiro atoms. The summed E-state index contributed by atoms with van der Waals surface area (Å²) in [6.45, 7) is 3.00. The molecule has 0 aliphatic heterocycles. The van der Waals surface area contributed by atoms with Crippen molar-refractivity contribution in [2.45, 2.75) is 13.5 Å². The van der Waals surface area contributed by atoms with Crippen LogP contribution in [-0.2, 0) is 11.3 Å². The zero-order valence-corrected chi connectivity index (χ0v) is 10.1. The lowest BCUT2D eigenvalue weighted by Crippen LogP contribution is -2.18. The van der Waals surface area contributed by atoms with Gasteiger partial charge in [0.25, 0.3) is 0 Å². The molecule has 0 atom stereocenters. The molecule has 0 aliphatic carbocycles. The molecule has 1 heterocycles. The van der Waals surface area contributed by atoms with Gasteiger partial charge in [0.05, 0.1) is 24.9 Å². The Bertz CT molecular complexity index is 397. The molecule has 0 amide bonds. The van der Waals surface area contributed by atoms with Gasteiger partial charge in [-0.2, -0.15) is 5.26 Å². The number of hydrogen-bond donors (Lipinski definition) is 0. The van der Waals surface area contributed by atoms with Crippen LogP contribution in [0, 0.1) is 11.3 Å². The second kappa shape index (κ2) is 6.20. The summed E-state index contributed by atoms with van der Waals surface area (Å²) in [6.07, 6.45) is 0. The Morgan fingerprint density at radius 3 is 3.12 bits per heavy atom. The Kier molecular flexibility index (Phi) is 4.89. The molecule has 0 fully saturated rings. The van der Waals surface area contributed by atoms with Crippen LogP contribution in [0.2, 0.25) is 0 Å². The predicted octanol–water partition coefficient (Wildman–Crippen LogP) is 1.28. The lowest BCUT2D eigenvalue weighted by molar-refractivity contribution is 0.0525. The van der Waals surface area contributed by atoms with E-state index in [-0.39, 0.29) is 5.97 Å². The predicted molar refractivity (Wildman–Crippen MR) is 60.0 cm³/mol. The van der Waals surface area contributed by atoms with Crippen molar-refractivity contribution < 1.29 is 9.53 Å². The first-order valence-corrected chi connectivity index (χ1v) is 5.72. The Balaban J connectivity index is 2.58. The van der Waals surface area contributed by atoms with Crippen molar-refractivity contribution in [2.24, 2.45) is 0 Å². The standard InChI is InChI=1S/C10H13N3O2S/c1-3-15-10(14)9-12-8(7-16-9)6-13(2)5-4-11/h7H,3,5-6H2,1-2H3. The van der Waals surface area contributed by atoms with Crippen LogP contribution in [0.5, 0.6) is 0 Å². The van der Waals surface area contributed by atoms with E-state index in [0.717, 1.165) is 5.69 Å². The highest BCUT2D eigenvalue weighted by Gasteiger charge is 2.12. The molecule has 0 N–H and O–H groups in total. The van der Waals surface area contributed by atoms with Crippen LogP contribution in [0.4, 0.5) is 0 Å². The van der Waals surface area contributed by atoms with Crippen molar-refractivity contribution in [1.82, 2.24) is 9.88 Å². The largest absolute Gasteiger partial charge is 0.461 e.